The summed E-state index contributed by atoms with van der Waals surface area (Å²) in [6.45, 7) is 5.20. The highest BCUT2D eigenvalue weighted by molar-refractivity contribution is 5.75. The topological polar surface area (TPSA) is 43.4 Å². The zero-order chi connectivity index (χ0) is 16.6. The third-order valence-electron chi connectivity index (χ3n) is 3.75. The van der Waals surface area contributed by atoms with E-state index >= 15 is 0 Å². The van der Waals surface area contributed by atoms with Crippen molar-refractivity contribution in [2.75, 3.05) is 0 Å². The average Bonchev–Trinajstić information content (AvgIpc) is 2.46. The zero-order valence-electron chi connectivity index (χ0n) is 14.7. The first-order chi connectivity index (χ1) is 10.6. The second-order valence-electron chi connectivity index (χ2n) is 6.05. The summed E-state index contributed by atoms with van der Waals surface area (Å²) in [4.78, 5) is 21.7. The molecule has 0 aromatic rings. The van der Waals surface area contributed by atoms with Crippen LogP contribution in [0.1, 0.15) is 91.4 Å². The second-order valence-corrected chi connectivity index (χ2v) is 6.05. The van der Waals surface area contributed by atoms with Gasteiger partial charge in [-0.2, -0.15) is 0 Å². The highest BCUT2D eigenvalue weighted by atomic mass is 16.5. The van der Waals surface area contributed by atoms with E-state index in [0.717, 1.165) is 44.9 Å². The molecular formula is C19H34O3. The van der Waals surface area contributed by atoms with Crippen LogP contribution in [-0.2, 0) is 14.3 Å². The minimum atomic E-state index is -0.175. The van der Waals surface area contributed by atoms with Crippen molar-refractivity contribution in [1.29, 1.82) is 0 Å². The van der Waals surface area contributed by atoms with Crippen LogP contribution in [-0.4, -0.2) is 17.9 Å². The SMILES string of the molecule is CCC(CCCC=CCCCCCCCC(C)=O)OC(C)=O. The van der Waals surface area contributed by atoms with E-state index < -0.39 is 0 Å². The lowest BCUT2D eigenvalue weighted by molar-refractivity contribution is -0.146. The van der Waals surface area contributed by atoms with Crippen molar-refractivity contribution in [2.45, 2.75) is 97.5 Å². The summed E-state index contributed by atoms with van der Waals surface area (Å²) in [7, 11) is 0. The van der Waals surface area contributed by atoms with Crippen LogP contribution in [0.5, 0.6) is 0 Å². The Morgan fingerprint density at radius 3 is 2.09 bits per heavy atom. The number of hydrogen-bond acceptors (Lipinski definition) is 3. The van der Waals surface area contributed by atoms with Crippen LogP contribution >= 0.6 is 0 Å². The van der Waals surface area contributed by atoms with E-state index in [9.17, 15) is 9.59 Å². The van der Waals surface area contributed by atoms with Crippen LogP contribution < -0.4 is 0 Å². The summed E-state index contributed by atoms with van der Waals surface area (Å²) in [6.07, 6.45) is 16.4. The highest BCUT2D eigenvalue weighted by Crippen LogP contribution is 2.11. The number of ether oxygens (including phenoxy) is 1. The van der Waals surface area contributed by atoms with Gasteiger partial charge in [0.1, 0.15) is 11.9 Å². The molecule has 128 valence electrons. The summed E-state index contributed by atoms with van der Waals surface area (Å²) in [5.74, 6) is 0.132. The van der Waals surface area contributed by atoms with Gasteiger partial charge in [-0.05, 0) is 51.9 Å². The minimum absolute atomic E-state index is 0.0842. The monoisotopic (exact) mass is 310 g/mol. The molecule has 0 rings (SSSR count). The number of Topliss-reactive ketones (excluding diaryl/α,β-unsaturated/α-hetero) is 1. The average molecular weight is 310 g/mol. The van der Waals surface area contributed by atoms with E-state index in [4.69, 9.17) is 4.74 Å². The number of esters is 1. The lowest BCUT2D eigenvalue weighted by Gasteiger charge is -2.13. The van der Waals surface area contributed by atoms with Crippen molar-refractivity contribution < 1.29 is 14.3 Å². The van der Waals surface area contributed by atoms with Gasteiger partial charge in [-0.1, -0.05) is 38.3 Å². The molecule has 0 bridgehead atoms. The molecule has 0 aliphatic carbocycles. The van der Waals surface area contributed by atoms with E-state index in [2.05, 4.69) is 19.1 Å². The van der Waals surface area contributed by atoms with Crippen LogP contribution in [0.4, 0.5) is 0 Å². The van der Waals surface area contributed by atoms with Crippen LogP contribution in [0.15, 0.2) is 12.2 Å². The van der Waals surface area contributed by atoms with Gasteiger partial charge in [0.05, 0.1) is 0 Å². The quantitative estimate of drug-likeness (QED) is 0.246. The molecule has 0 saturated heterocycles. The van der Waals surface area contributed by atoms with E-state index in [-0.39, 0.29) is 12.1 Å². The number of unbranched alkanes of at least 4 members (excludes halogenated alkanes) is 6. The molecule has 0 radical (unpaired) electrons. The third kappa shape index (κ3) is 15.3. The third-order valence-corrected chi connectivity index (χ3v) is 3.75. The molecule has 3 nitrogen and oxygen atoms in total. The molecule has 0 spiro atoms. The molecule has 0 aliphatic rings. The Balaban J connectivity index is 3.37. The number of allylic oxidation sites excluding steroid dienone is 2. The summed E-state index contributed by atoms with van der Waals surface area (Å²) >= 11 is 0. The molecule has 0 amide bonds. The van der Waals surface area contributed by atoms with Gasteiger partial charge in [0.2, 0.25) is 0 Å². The van der Waals surface area contributed by atoms with Crippen molar-refractivity contribution >= 4 is 11.8 Å². The van der Waals surface area contributed by atoms with Crippen molar-refractivity contribution in [2.24, 2.45) is 0 Å². The Labute approximate surface area is 136 Å². The maximum atomic E-state index is 10.9. The lowest BCUT2D eigenvalue weighted by atomic mass is 10.1. The van der Waals surface area contributed by atoms with Gasteiger partial charge < -0.3 is 9.53 Å². The number of carbonyl (C=O) groups is 2. The number of ketones is 1. The van der Waals surface area contributed by atoms with Crippen LogP contribution in [0.25, 0.3) is 0 Å². The summed E-state index contributed by atoms with van der Waals surface area (Å²) < 4.78 is 5.22. The van der Waals surface area contributed by atoms with Gasteiger partial charge in [0.25, 0.3) is 0 Å². The summed E-state index contributed by atoms with van der Waals surface area (Å²) in [5.41, 5.74) is 0. The molecule has 0 N–H and O–H groups in total. The van der Waals surface area contributed by atoms with Crippen molar-refractivity contribution in [3.05, 3.63) is 12.2 Å². The molecule has 0 aromatic heterocycles. The largest absolute Gasteiger partial charge is 0.463 e. The van der Waals surface area contributed by atoms with Crippen LogP contribution in [0.2, 0.25) is 0 Å². The van der Waals surface area contributed by atoms with Crippen molar-refractivity contribution in [3.8, 4) is 0 Å². The molecule has 22 heavy (non-hydrogen) atoms. The Bertz CT molecular complexity index is 321. The number of hydrogen-bond donors (Lipinski definition) is 0. The molecule has 0 aliphatic heterocycles. The standard InChI is InChI=1S/C19H34O3/c1-4-19(22-18(3)21)16-14-12-10-8-6-5-7-9-11-13-15-17(2)20/h8,10,19H,4-7,9,11-16H2,1-3H3. The molecule has 0 heterocycles. The first kappa shape index (κ1) is 20.9. The van der Waals surface area contributed by atoms with Crippen molar-refractivity contribution in [3.63, 3.8) is 0 Å². The number of rotatable bonds is 14. The summed E-state index contributed by atoms with van der Waals surface area (Å²) in [5, 5.41) is 0. The second kappa shape index (κ2) is 14.8. The van der Waals surface area contributed by atoms with Crippen molar-refractivity contribution in [1.82, 2.24) is 0 Å². The van der Waals surface area contributed by atoms with Crippen LogP contribution in [0.3, 0.4) is 0 Å². The van der Waals surface area contributed by atoms with Gasteiger partial charge in [-0.25, -0.2) is 0 Å². The molecule has 0 aromatic carbocycles. The Hall–Kier alpha value is -1.12. The number of carbonyl (C=O) groups excluding carboxylic acids is 2. The molecular weight excluding hydrogens is 276 g/mol. The normalized spacial score (nSPS) is 12.5. The zero-order valence-corrected chi connectivity index (χ0v) is 14.7. The predicted molar refractivity (Wildman–Crippen MR) is 91.8 cm³/mol. The van der Waals surface area contributed by atoms with Gasteiger partial charge in [-0.15, -0.1) is 0 Å². The first-order valence-corrected chi connectivity index (χ1v) is 8.88. The summed E-state index contributed by atoms with van der Waals surface area (Å²) in [6, 6.07) is 0. The van der Waals surface area contributed by atoms with E-state index in [1.165, 1.54) is 32.6 Å². The molecule has 1 unspecified atom stereocenters. The fourth-order valence-corrected chi connectivity index (χ4v) is 2.45. The molecule has 1 atom stereocenters. The van der Waals surface area contributed by atoms with E-state index in [1.807, 2.05) is 0 Å². The maximum absolute atomic E-state index is 10.9. The maximum Gasteiger partial charge on any atom is 0.302 e. The van der Waals surface area contributed by atoms with Gasteiger partial charge in [0, 0.05) is 13.3 Å². The fraction of sp³-hybridized carbons (Fsp3) is 0.789. The van der Waals surface area contributed by atoms with E-state index in [0.29, 0.717) is 5.78 Å². The fourth-order valence-electron chi connectivity index (χ4n) is 2.45. The van der Waals surface area contributed by atoms with E-state index in [1.54, 1.807) is 6.92 Å². The Morgan fingerprint density at radius 1 is 0.909 bits per heavy atom. The van der Waals surface area contributed by atoms with Gasteiger partial charge >= 0.3 is 5.97 Å². The van der Waals surface area contributed by atoms with Crippen LogP contribution in [0, 0.1) is 0 Å². The predicted octanol–water partition coefficient (Wildman–Crippen LogP) is 5.37. The molecule has 0 fully saturated rings. The van der Waals surface area contributed by atoms with Gasteiger partial charge in [-0.3, -0.25) is 4.79 Å². The first-order valence-electron chi connectivity index (χ1n) is 8.88. The molecule has 0 saturated carbocycles. The molecule has 3 heteroatoms. The lowest BCUT2D eigenvalue weighted by Crippen LogP contribution is -2.14. The highest BCUT2D eigenvalue weighted by Gasteiger charge is 2.07. The Morgan fingerprint density at radius 2 is 1.50 bits per heavy atom. The minimum Gasteiger partial charge on any atom is -0.463 e. The van der Waals surface area contributed by atoms with Gasteiger partial charge in [0.15, 0.2) is 0 Å². The smallest absolute Gasteiger partial charge is 0.302 e. The Kier molecular flexibility index (Phi) is 14.0.